The Balaban J connectivity index is 1.82. The molecule has 3 rings (SSSR count). The molecule has 1 aliphatic rings. The number of hydrogen-bond donors (Lipinski definition) is 0. The lowest BCUT2D eigenvalue weighted by molar-refractivity contribution is 0.358. The van der Waals surface area contributed by atoms with E-state index in [9.17, 15) is 0 Å². The number of thiazole rings is 1. The summed E-state index contributed by atoms with van der Waals surface area (Å²) in [6.45, 7) is 10.0. The number of likely N-dealkylation sites (tertiary alicyclic amines) is 1. The third-order valence-electron chi connectivity index (χ3n) is 4.20. The second kappa shape index (κ2) is 6.06. The molecule has 0 spiro atoms. The zero-order valence-electron chi connectivity index (χ0n) is 12.7. The van der Waals surface area contributed by atoms with Crippen molar-refractivity contribution in [3.63, 3.8) is 0 Å². The molecule has 0 N–H and O–H groups in total. The summed E-state index contributed by atoms with van der Waals surface area (Å²) in [5.41, 5.74) is 2.66. The van der Waals surface area contributed by atoms with Crippen LogP contribution in [0.3, 0.4) is 0 Å². The van der Waals surface area contributed by atoms with Gasteiger partial charge in [-0.3, -0.25) is 0 Å². The molecule has 4 heteroatoms. The first-order chi connectivity index (χ1) is 10.2. The van der Waals surface area contributed by atoms with Crippen molar-refractivity contribution in [2.75, 3.05) is 6.54 Å². The molecule has 2 heterocycles. The number of benzene rings is 1. The molecular formula is C17H21BN2S. The van der Waals surface area contributed by atoms with Gasteiger partial charge in [-0.1, -0.05) is 50.0 Å². The Bertz CT molecular complexity index is 618. The van der Waals surface area contributed by atoms with Crippen LogP contribution in [0.5, 0.6) is 0 Å². The topological polar surface area (TPSA) is 16.1 Å². The second-order valence-corrected chi connectivity index (χ2v) is 6.98. The van der Waals surface area contributed by atoms with Gasteiger partial charge in [0.1, 0.15) is 5.01 Å². The SMILES string of the molecule is C=CN1CCCC1c1ncc(-c2ccc(B(C)C)cc2)s1. The Hall–Kier alpha value is -1.55. The highest BCUT2D eigenvalue weighted by atomic mass is 32.1. The summed E-state index contributed by atoms with van der Waals surface area (Å²) in [6, 6.07) is 9.31. The molecule has 0 radical (unpaired) electrons. The summed E-state index contributed by atoms with van der Waals surface area (Å²) in [6.07, 6.45) is 6.39. The van der Waals surface area contributed by atoms with Gasteiger partial charge in [-0.05, 0) is 24.6 Å². The van der Waals surface area contributed by atoms with Gasteiger partial charge in [0.25, 0.3) is 0 Å². The third-order valence-corrected chi connectivity index (χ3v) is 5.35. The van der Waals surface area contributed by atoms with E-state index in [1.165, 1.54) is 33.8 Å². The van der Waals surface area contributed by atoms with E-state index in [0.717, 1.165) is 6.54 Å². The van der Waals surface area contributed by atoms with Gasteiger partial charge in [-0.2, -0.15) is 0 Å². The molecule has 1 atom stereocenters. The summed E-state index contributed by atoms with van der Waals surface area (Å²) in [4.78, 5) is 8.23. The Morgan fingerprint density at radius 1 is 1.33 bits per heavy atom. The van der Waals surface area contributed by atoms with Crippen LogP contribution in [-0.2, 0) is 0 Å². The summed E-state index contributed by atoms with van der Waals surface area (Å²) in [5.74, 6) is 0. The van der Waals surface area contributed by atoms with Gasteiger partial charge in [-0.25, -0.2) is 4.98 Å². The van der Waals surface area contributed by atoms with Crippen LogP contribution >= 0.6 is 11.3 Å². The Morgan fingerprint density at radius 3 is 2.76 bits per heavy atom. The first-order valence-electron chi connectivity index (χ1n) is 7.63. The van der Waals surface area contributed by atoms with Crippen LogP contribution in [0, 0.1) is 0 Å². The molecule has 21 heavy (non-hydrogen) atoms. The van der Waals surface area contributed by atoms with E-state index < -0.39 is 0 Å². The van der Waals surface area contributed by atoms with Crippen LogP contribution in [0.4, 0.5) is 0 Å². The second-order valence-electron chi connectivity index (χ2n) is 5.92. The summed E-state index contributed by atoms with van der Waals surface area (Å²) >= 11 is 1.82. The van der Waals surface area contributed by atoms with Crippen LogP contribution in [0.15, 0.2) is 43.2 Å². The minimum atomic E-state index is 0.427. The van der Waals surface area contributed by atoms with Crippen molar-refractivity contribution in [1.82, 2.24) is 9.88 Å². The summed E-state index contributed by atoms with van der Waals surface area (Å²) < 4.78 is 0. The van der Waals surface area contributed by atoms with Gasteiger partial charge in [0.2, 0.25) is 0 Å². The molecule has 0 amide bonds. The lowest BCUT2D eigenvalue weighted by atomic mass is 9.49. The van der Waals surface area contributed by atoms with Gasteiger partial charge >= 0.3 is 0 Å². The van der Waals surface area contributed by atoms with Crippen LogP contribution in [-0.4, -0.2) is 23.1 Å². The molecule has 2 aromatic rings. The van der Waals surface area contributed by atoms with Gasteiger partial charge in [0, 0.05) is 12.7 Å². The fraction of sp³-hybridized carbons (Fsp3) is 0.353. The molecule has 0 bridgehead atoms. The highest BCUT2D eigenvalue weighted by Gasteiger charge is 2.25. The molecule has 0 aliphatic carbocycles. The predicted octanol–water partition coefficient (Wildman–Crippen LogP) is 4.05. The maximum absolute atomic E-state index is 4.66. The quantitative estimate of drug-likeness (QED) is 0.791. The first kappa shape index (κ1) is 14.4. The minimum Gasteiger partial charge on any atom is -0.369 e. The zero-order valence-corrected chi connectivity index (χ0v) is 13.6. The van der Waals surface area contributed by atoms with Gasteiger partial charge in [-0.15, -0.1) is 11.3 Å². The Kier molecular flexibility index (Phi) is 4.16. The van der Waals surface area contributed by atoms with Crippen LogP contribution < -0.4 is 5.46 Å². The molecule has 1 aromatic carbocycles. The lowest BCUT2D eigenvalue weighted by Gasteiger charge is -2.19. The number of nitrogens with zero attached hydrogens (tertiary/aromatic N) is 2. The Morgan fingerprint density at radius 2 is 2.10 bits per heavy atom. The molecule has 108 valence electrons. The molecule has 1 unspecified atom stereocenters. The maximum Gasteiger partial charge on any atom is 0.169 e. The smallest absolute Gasteiger partial charge is 0.169 e. The average molecular weight is 296 g/mol. The van der Waals surface area contributed by atoms with Crippen molar-refractivity contribution < 1.29 is 0 Å². The number of aromatic nitrogens is 1. The van der Waals surface area contributed by atoms with Gasteiger partial charge < -0.3 is 4.90 Å². The van der Waals surface area contributed by atoms with Gasteiger partial charge in [0.15, 0.2) is 6.71 Å². The first-order valence-corrected chi connectivity index (χ1v) is 8.45. The molecule has 1 aromatic heterocycles. The summed E-state index contributed by atoms with van der Waals surface area (Å²) in [5, 5.41) is 1.22. The minimum absolute atomic E-state index is 0.427. The normalized spacial score (nSPS) is 18.0. The van der Waals surface area contributed by atoms with Crippen LogP contribution in [0.1, 0.15) is 23.9 Å². The van der Waals surface area contributed by atoms with E-state index in [1.807, 2.05) is 23.7 Å². The van der Waals surface area contributed by atoms with E-state index >= 15 is 0 Å². The van der Waals surface area contributed by atoms with Gasteiger partial charge in [0.05, 0.1) is 10.9 Å². The largest absolute Gasteiger partial charge is 0.369 e. The monoisotopic (exact) mass is 296 g/mol. The van der Waals surface area contributed by atoms with E-state index in [1.54, 1.807) is 0 Å². The van der Waals surface area contributed by atoms with Crippen molar-refractivity contribution in [1.29, 1.82) is 0 Å². The average Bonchev–Trinajstić information content (AvgIpc) is 3.15. The predicted molar refractivity (Wildman–Crippen MR) is 93.5 cm³/mol. The molecule has 0 saturated carbocycles. The van der Waals surface area contributed by atoms with Crippen LogP contribution in [0.2, 0.25) is 13.6 Å². The van der Waals surface area contributed by atoms with Crippen molar-refractivity contribution in [3.05, 3.63) is 48.2 Å². The standard InChI is InChI=1S/C17H21BN2S/c1-4-20-11-5-6-15(20)17-19-12-16(21-17)13-7-9-14(10-8-13)18(2)3/h4,7-10,12,15H,1,5-6,11H2,2-3H3. The highest BCUT2D eigenvalue weighted by molar-refractivity contribution is 7.15. The van der Waals surface area contributed by atoms with E-state index in [-0.39, 0.29) is 0 Å². The van der Waals surface area contributed by atoms with Crippen molar-refractivity contribution in [3.8, 4) is 10.4 Å². The fourth-order valence-electron chi connectivity index (χ4n) is 2.88. The Labute approximate surface area is 131 Å². The summed E-state index contributed by atoms with van der Waals surface area (Å²) in [7, 11) is 0. The fourth-order valence-corrected chi connectivity index (χ4v) is 3.96. The highest BCUT2D eigenvalue weighted by Crippen LogP contribution is 2.36. The third kappa shape index (κ3) is 2.91. The van der Waals surface area contributed by atoms with Crippen molar-refractivity contribution in [2.45, 2.75) is 32.5 Å². The molecule has 1 fully saturated rings. The maximum atomic E-state index is 4.66. The van der Waals surface area contributed by atoms with Crippen LogP contribution in [0.25, 0.3) is 10.4 Å². The molecular weight excluding hydrogens is 275 g/mol. The molecule has 1 aliphatic heterocycles. The van der Waals surface area contributed by atoms with E-state index in [0.29, 0.717) is 12.8 Å². The number of hydrogen-bond acceptors (Lipinski definition) is 3. The zero-order chi connectivity index (χ0) is 14.8. The van der Waals surface area contributed by atoms with E-state index in [4.69, 9.17) is 0 Å². The lowest BCUT2D eigenvalue weighted by Crippen LogP contribution is -2.21. The van der Waals surface area contributed by atoms with E-state index in [2.05, 4.69) is 54.4 Å². The molecule has 2 nitrogen and oxygen atoms in total. The van der Waals surface area contributed by atoms with Crippen molar-refractivity contribution in [2.24, 2.45) is 0 Å². The molecule has 1 saturated heterocycles. The van der Waals surface area contributed by atoms with Crippen molar-refractivity contribution >= 4 is 23.5 Å². The number of rotatable bonds is 4.